The molecule has 1 saturated heterocycles. The Morgan fingerprint density at radius 1 is 0.473 bits per heavy atom. The van der Waals surface area contributed by atoms with E-state index in [0.717, 1.165) is 9.80 Å². The molecule has 1 fully saturated rings. The highest BCUT2D eigenvalue weighted by Crippen LogP contribution is 2.30. The number of aliphatic hydroxyl groups excluding tert-OH is 1. The number of ether oxygens (including phenoxy) is 1. The van der Waals surface area contributed by atoms with E-state index in [2.05, 4.69) is 5.32 Å². The van der Waals surface area contributed by atoms with Gasteiger partial charge in [-0.15, -0.1) is 0 Å². The monoisotopic (exact) mass is 1280 g/mol. The number of likely N-dealkylation sites (N-methyl/N-ethyl adjacent to an activating group) is 7. The molecule has 0 aromatic heterocycles. The molecule has 2 N–H and O–H groups in total. The summed E-state index contributed by atoms with van der Waals surface area (Å²) in [7, 11) is 10.2. The summed E-state index contributed by atoms with van der Waals surface area (Å²) < 4.78 is 6.31. The first-order valence-electron chi connectivity index (χ1n) is 33.7. The molecule has 0 aliphatic carbocycles. The molecule has 8 amide bonds. The number of aliphatic hydroxyl groups is 1. The van der Waals surface area contributed by atoms with Crippen molar-refractivity contribution in [1.29, 1.82) is 0 Å². The van der Waals surface area contributed by atoms with Gasteiger partial charge in [-0.05, 0) is 99.2 Å². The lowest BCUT2D eigenvalue weighted by molar-refractivity contribution is -0.168. The Bertz CT molecular complexity index is 2460. The maximum Gasteiger partial charge on any atom is 0.273 e. The number of nitrogens with one attached hydrogen (secondary N) is 1. The van der Waals surface area contributed by atoms with Gasteiger partial charge in [-0.2, -0.15) is 0 Å². The lowest BCUT2D eigenvalue weighted by Crippen LogP contribution is -2.64. The van der Waals surface area contributed by atoms with Crippen molar-refractivity contribution in [3.8, 4) is 0 Å². The second kappa shape index (κ2) is 38.6. The highest BCUT2D eigenvalue weighted by Gasteiger charge is 2.46. The number of allylic oxidation sites excluding steroid dienone is 2. The molecule has 0 radical (unpaired) electrons. The van der Waals surface area contributed by atoms with Crippen molar-refractivity contribution < 1.29 is 62.6 Å². The summed E-state index contributed by atoms with van der Waals surface area (Å²) in [5.41, 5.74) is 0. The van der Waals surface area contributed by atoms with E-state index in [1.54, 1.807) is 47.6 Å². The normalized spacial score (nSPS) is 27.1. The van der Waals surface area contributed by atoms with Crippen LogP contribution in [0, 0.1) is 65.1 Å². The van der Waals surface area contributed by atoms with E-state index in [9.17, 15) is 29.1 Å². The van der Waals surface area contributed by atoms with E-state index in [0.29, 0.717) is 12.8 Å². The van der Waals surface area contributed by atoms with E-state index >= 15 is 28.8 Å². The number of nitrogens with zero attached hydrogens (tertiary/aromatic N) is 7. The van der Waals surface area contributed by atoms with Crippen LogP contribution in [0.25, 0.3) is 0 Å². The molecule has 0 bridgehead atoms. The fraction of sp³-hybridized carbons (Fsp3) is 0.814. The summed E-state index contributed by atoms with van der Waals surface area (Å²) in [6.45, 7) is 34.7. The van der Waals surface area contributed by atoms with Gasteiger partial charge < -0.3 is 49.5 Å². The summed E-state index contributed by atoms with van der Waals surface area (Å²) in [6.07, 6.45) is 1.24. The maximum absolute atomic E-state index is 15.3. The van der Waals surface area contributed by atoms with E-state index in [4.69, 9.17) is 4.74 Å². The van der Waals surface area contributed by atoms with Gasteiger partial charge >= 0.3 is 0 Å². The largest absolute Gasteiger partial charge is 0.390 e. The Morgan fingerprint density at radius 3 is 1.33 bits per heavy atom. The van der Waals surface area contributed by atoms with Gasteiger partial charge in [0.1, 0.15) is 36.0 Å². The number of Topliss-reactive ketones (excluding diaryl/α,β-unsaturated/α-hetero) is 3. The van der Waals surface area contributed by atoms with Gasteiger partial charge in [-0.1, -0.05) is 137 Å². The second-order valence-corrected chi connectivity index (χ2v) is 29.2. The summed E-state index contributed by atoms with van der Waals surface area (Å²) in [6, 6.07) is -8.56. The zero-order chi connectivity index (χ0) is 70.5. The van der Waals surface area contributed by atoms with Crippen LogP contribution in [0.15, 0.2) is 12.2 Å². The molecule has 0 aromatic rings. The molecule has 0 saturated carbocycles. The molecular formula is C70H124N8O13. The van der Waals surface area contributed by atoms with Crippen molar-refractivity contribution in [2.24, 2.45) is 65.1 Å². The van der Waals surface area contributed by atoms with Crippen LogP contribution in [0.4, 0.5) is 0 Å². The van der Waals surface area contributed by atoms with Crippen LogP contribution >= 0.6 is 0 Å². The Balaban J connectivity index is 4.52. The predicted molar refractivity (Wildman–Crippen MR) is 356 cm³/mol. The van der Waals surface area contributed by atoms with Crippen molar-refractivity contribution in [2.45, 2.75) is 250 Å². The zero-order valence-corrected chi connectivity index (χ0v) is 61.0. The molecule has 0 aromatic carbocycles. The van der Waals surface area contributed by atoms with Crippen LogP contribution in [-0.4, -0.2) is 215 Å². The molecule has 0 unspecified atom stereocenters. The van der Waals surface area contributed by atoms with Gasteiger partial charge in [0.15, 0.2) is 11.6 Å². The minimum atomic E-state index is -1.64. The number of amides is 8. The number of rotatable bonds is 19. The Morgan fingerprint density at radius 2 is 0.890 bits per heavy atom. The van der Waals surface area contributed by atoms with Gasteiger partial charge in [0.2, 0.25) is 47.6 Å². The minimum Gasteiger partial charge on any atom is -0.390 e. The smallest absolute Gasteiger partial charge is 0.273 e. The first-order valence-corrected chi connectivity index (χ1v) is 33.7. The molecule has 522 valence electrons. The van der Waals surface area contributed by atoms with Gasteiger partial charge in [0.05, 0.1) is 24.8 Å². The molecule has 1 aliphatic heterocycles. The van der Waals surface area contributed by atoms with Crippen LogP contribution in [0.5, 0.6) is 0 Å². The highest BCUT2D eigenvalue weighted by atomic mass is 16.5. The SMILES string of the molecule is C/C=C/C[C@@H](C)[C@@H](O)[C@H]1C(=O)N[C@@H](CC)C(=O)N(C)[C@H](OCCC(C)C)C(=O)N(C)[C@@H](CC(C)C)C(=O)C[C@@H](C(C)C)C(=O)N(C)[C@@H](CC(C)C)C(=O)C[C@@H](C)C(=O)C[C@H](C)C(=O)N(C)[C@@H](CC(C)C)C(=O)N(C)[C@@H](CC(C)C)C(=O)N(C)[C@@H](C(C)C)C(=O)N1C. The Kier molecular flexibility index (Phi) is 35.4. The van der Waals surface area contributed by atoms with Crippen LogP contribution in [0.2, 0.25) is 0 Å². The molecule has 1 aliphatic rings. The van der Waals surface area contributed by atoms with Gasteiger partial charge in [-0.25, -0.2) is 0 Å². The zero-order valence-electron chi connectivity index (χ0n) is 61.0. The van der Waals surface area contributed by atoms with Crippen molar-refractivity contribution in [1.82, 2.24) is 39.6 Å². The summed E-state index contributed by atoms with van der Waals surface area (Å²) in [5.74, 6) is -11.1. The van der Waals surface area contributed by atoms with E-state index in [1.165, 1.54) is 73.8 Å². The fourth-order valence-corrected chi connectivity index (χ4v) is 12.1. The molecule has 13 atom stereocenters. The van der Waals surface area contributed by atoms with Crippen LogP contribution in [0.3, 0.4) is 0 Å². The maximum atomic E-state index is 15.3. The summed E-state index contributed by atoms with van der Waals surface area (Å²) in [5, 5.41) is 15.1. The lowest BCUT2D eigenvalue weighted by Gasteiger charge is -2.41. The van der Waals surface area contributed by atoms with Crippen LogP contribution < -0.4 is 5.32 Å². The van der Waals surface area contributed by atoms with E-state index < -0.39 is 143 Å². The average molecular weight is 1290 g/mol. The molecule has 1 heterocycles. The Labute approximate surface area is 548 Å². The quantitative estimate of drug-likeness (QED) is 0.117. The number of carbonyl (C=O) groups excluding carboxylic acids is 11. The third kappa shape index (κ3) is 24.1. The second-order valence-electron chi connectivity index (χ2n) is 29.2. The highest BCUT2D eigenvalue weighted by molar-refractivity contribution is 5.99. The third-order valence-corrected chi connectivity index (χ3v) is 18.1. The van der Waals surface area contributed by atoms with Crippen molar-refractivity contribution >= 4 is 64.6 Å². The molecule has 1 rings (SSSR count). The van der Waals surface area contributed by atoms with Gasteiger partial charge in [-0.3, -0.25) is 52.7 Å². The van der Waals surface area contributed by atoms with Crippen molar-refractivity contribution in [2.75, 3.05) is 55.9 Å². The summed E-state index contributed by atoms with van der Waals surface area (Å²) in [4.78, 5) is 173. The van der Waals surface area contributed by atoms with E-state index in [-0.39, 0.29) is 99.1 Å². The van der Waals surface area contributed by atoms with Crippen molar-refractivity contribution in [3.63, 3.8) is 0 Å². The molecule has 21 heteroatoms. The van der Waals surface area contributed by atoms with Crippen LogP contribution in [-0.2, 0) is 57.5 Å². The topological polar surface area (TPSA) is 252 Å². The number of hydrogen-bond donors (Lipinski definition) is 2. The molecule has 91 heavy (non-hydrogen) atoms. The average Bonchev–Trinajstić information content (AvgIpc) is 0.906. The Hall–Kier alpha value is -5.57. The molecule has 21 nitrogen and oxygen atoms in total. The predicted octanol–water partition coefficient (Wildman–Crippen LogP) is 7.93. The fourth-order valence-electron chi connectivity index (χ4n) is 12.1. The first-order chi connectivity index (χ1) is 42.0. The van der Waals surface area contributed by atoms with Crippen LogP contribution in [0.1, 0.15) is 196 Å². The standard InChI is InChI=1S/C70H124N8O13/c1-27-29-30-47(17)61(82)60-62(83)71-51(28-2)65(86)78(26)70(91-32-31-40(3)4)69(90)73(21)53(34-42(7)8)58(81)39-50(45(13)14)64(85)72(20)52(33-41(5)6)57(80)37-48(18)56(79)38-49(19)63(84)74(22)54(35-43(9)10)66(87)75(23)55(36-44(11)12)67(88)76(24)59(46(15)16)68(89)77(60)25/h27,29,40-55,59-61,70,82H,28,30-39H2,1-26H3,(H,71,83)/b29-27+/t47-,48-,49+,50+,51+,52+,53+,54+,55+,59+,60+,61-,70-/m1/s1. The number of hydrogen-bond acceptors (Lipinski definition) is 13. The third-order valence-electron chi connectivity index (χ3n) is 18.1. The van der Waals surface area contributed by atoms with Gasteiger partial charge in [0.25, 0.3) is 5.91 Å². The summed E-state index contributed by atoms with van der Waals surface area (Å²) >= 11 is 0. The van der Waals surface area contributed by atoms with Crippen molar-refractivity contribution in [3.05, 3.63) is 12.2 Å². The number of ketones is 3. The first kappa shape index (κ1) is 83.4. The lowest BCUT2D eigenvalue weighted by atomic mass is 9.84. The van der Waals surface area contributed by atoms with Gasteiger partial charge in [0, 0.05) is 86.3 Å². The van der Waals surface area contributed by atoms with E-state index in [1.807, 2.05) is 96.1 Å². The molecular weight excluding hydrogens is 1160 g/mol. The molecule has 0 spiro atoms. The minimum absolute atomic E-state index is 0.0170. The number of carbonyl (C=O) groups is 11.